The van der Waals surface area contributed by atoms with Gasteiger partial charge in [0.1, 0.15) is 11.5 Å². The maximum Gasteiger partial charge on any atom is 0.119 e. The van der Waals surface area contributed by atoms with Gasteiger partial charge < -0.3 is 10.2 Å². The van der Waals surface area contributed by atoms with Crippen LogP contribution < -0.4 is 0 Å². The molecule has 86 valence electrons. The van der Waals surface area contributed by atoms with E-state index in [0.29, 0.717) is 5.02 Å². The van der Waals surface area contributed by atoms with Crippen molar-refractivity contribution in [1.82, 2.24) is 0 Å². The predicted molar refractivity (Wildman–Crippen MR) is 70.2 cm³/mol. The average molecular weight is 247 g/mol. The van der Waals surface area contributed by atoms with Crippen molar-refractivity contribution < 1.29 is 10.2 Å². The minimum Gasteiger partial charge on any atom is -0.508 e. The van der Waals surface area contributed by atoms with Crippen molar-refractivity contribution >= 4 is 23.8 Å². The van der Waals surface area contributed by atoms with Crippen LogP contribution in [0.15, 0.2) is 42.5 Å². The Labute approximate surface area is 104 Å². The molecule has 0 saturated heterocycles. The Morgan fingerprint density at radius 1 is 0.765 bits per heavy atom. The van der Waals surface area contributed by atoms with Gasteiger partial charge in [0.2, 0.25) is 0 Å². The summed E-state index contributed by atoms with van der Waals surface area (Å²) in [5, 5.41) is 19.3. The number of phenolic OH excluding ortho intramolecular Hbond substituents is 2. The van der Waals surface area contributed by atoms with Crippen molar-refractivity contribution in [3.63, 3.8) is 0 Å². The lowest BCUT2D eigenvalue weighted by Crippen LogP contribution is -1.74. The smallest absolute Gasteiger partial charge is 0.119 e. The normalized spacial score (nSPS) is 10.9. The third kappa shape index (κ3) is 3.26. The fourth-order valence-electron chi connectivity index (χ4n) is 1.48. The zero-order valence-corrected chi connectivity index (χ0v) is 9.72. The molecule has 2 rings (SSSR count). The summed E-state index contributed by atoms with van der Waals surface area (Å²) in [5.41, 5.74) is 1.73. The van der Waals surface area contributed by atoms with E-state index in [2.05, 4.69) is 0 Å². The van der Waals surface area contributed by atoms with E-state index in [1.54, 1.807) is 24.3 Å². The van der Waals surface area contributed by atoms with Crippen LogP contribution >= 0.6 is 11.6 Å². The van der Waals surface area contributed by atoms with Gasteiger partial charge in [-0.25, -0.2) is 0 Å². The van der Waals surface area contributed by atoms with Crippen LogP contribution in [-0.4, -0.2) is 10.2 Å². The second-order valence-corrected chi connectivity index (χ2v) is 4.10. The van der Waals surface area contributed by atoms with E-state index in [0.717, 1.165) is 11.1 Å². The summed E-state index contributed by atoms with van der Waals surface area (Å²) in [5.74, 6) is 0.0847. The van der Waals surface area contributed by atoms with Gasteiger partial charge in [-0.2, -0.15) is 0 Å². The lowest BCUT2D eigenvalue weighted by molar-refractivity contribution is 0.450. The van der Waals surface area contributed by atoms with Crippen molar-refractivity contribution in [2.75, 3.05) is 0 Å². The van der Waals surface area contributed by atoms with Gasteiger partial charge in [0, 0.05) is 11.1 Å². The number of rotatable bonds is 2. The molecule has 0 fully saturated rings. The molecule has 2 aromatic rings. The molecule has 0 spiro atoms. The summed E-state index contributed by atoms with van der Waals surface area (Å²) in [6, 6.07) is 11.8. The Hall–Kier alpha value is -1.93. The first-order valence-electron chi connectivity index (χ1n) is 5.10. The number of hydrogen-bond donors (Lipinski definition) is 2. The molecule has 2 aromatic carbocycles. The molecular formula is C14H11ClO2. The molecule has 0 saturated carbocycles. The van der Waals surface area contributed by atoms with Crippen LogP contribution in [0.5, 0.6) is 11.5 Å². The summed E-state index contributed by atoms with van der Waals surface area (Å²) in [6.07, 6.45) is 3.69. The molecule has 17 heavy (non-hydrogen) atoms. The molecule has 2 nitrogen and oxygen atoms in total. The van der Waals surface area contributed by atoms with Crippen molar-refractivity contribution in [3.05, 3.63) is 58.6 Å². The highest BCUT2D eigenvalue weighted by atomic mass is 35.5. The van der Waals surface area contributed by atoms with E-state index in [4.69, 9.17) is 11.6 Å². The molecule has 0 aliphatic rings. The molecule has 0 aliphatic carbocycles. The molecule has 2 N–H and O–H groups in total. The van der Waals surface area contributed by atoms with Crippen molar-refractivity contribution in [2.45, 2.75) is 0 Å². The minimum atomic E-state index is 0.0424. The number of hydrogen-bond acceptors (Lipinski definition) is 2. The number of aromatic hydroxyl groups is 2. The summed E-state index contributed by atoms with van der Waals surface area (Å²) in [6.45, 7) is 0. The van der Waals surface area contributed by atoms with Crippen molar-refractivity contribution in [1.29, 1.82) is 0 Å². The second-order valence-electron chi connectivity index (χ2n) is 3.67. The zero-order chi connectivity index (χ0) is 12.3. The van der Waals surface area contributed by atoms with Gasteiger partial charge in [-0.1, -0.05) is 35.9 Å². The van der Waals surface area contributed by atoms with E-state index in [1.165, 1.54) is 6.07 Å². The van der Waals surface area contributed by atoms with Crippen LogP contribution in [0.3, 0.4) is 0 Å². The number of phenols is 2. The van der Waals surface area contributed by atoms with Gasteiger partial charge in [0.25, 0.3) is 0 Å². The van der Waals surface area contributed by atoms with E-state index < -0.39 is 0 Å². The molecule has 0 amide bonds. The van der Waals surface area contributed by atoms with E-state index in [1.807, 2.05) is 24.3 Å². The van der Waals surface area contributed by atoms with Gasteiger partial charge in [-0.05, 0) is 35.4 Å². The molecule has 0 aliphatic heterocycles. The van der Waals surface area contributed by atoms with E-state index in [-0.39, 0.29) is 11.5 Å². The fraction of sp³-hybridized carbons (Fsp3) is 0. The quantitative estimate of drug-likeness (QED) is 0.789. The molecular weight excluding hydrogens is 236 g/mol. The predicted octanol–water partition coefficient (Wildman–Crippen LogP) is 3.92. The van der Waals surface area contributed by atoms with Crippen LogP contribution in [0.4, 0.5) is 0 Å². The Bertz CT molecular complexity index is 524. The van der Waals surface area contributed by atoms with E-state index in [9.17, 15) is 10.2 Å². The third-order valence-electron chi connectivity index (χ3n) is 2.26. The van der Waals surface area contributed by atoms with Crippen LogP contribution in [0.1, 0.15) is 11.1 Å². The first-order valence-corrected chi connectivity index (χ1v) is 5.48. The maximum absolute atomic E-state index is 9.32. The summed E-state index contributed by atoms with van der Waals surface area (Å²) >= 11 is 5.78. The van der Waals surface area contributed by atoms with Crippen molar-refractivity contribution in [3.8, 4) is 11.5 Å². The molecule has 0 atom stereocenters. The molecule has 0 aromatic heterocycles. The third-order valence-corrected chi connectivity index (χ3v) is 2.52. The SMILES string of the molecule is Oc1cc(O)cc(/C=C/c2ccc(Cl)cc2)c1. The highest BCUT2D eigenvalue weighted by molar-refractivity contribution is 6.30. The summed E-state index contributed by atoms with van der Waals surface area (Å²) < 4.78 is 0. The standard InChI is InChI=1S/C14H11ClO2/c15-12-5-3-10(4-6-12)1-2-11-7-13(16)9-14(17)8-11/h1-9,16-17H/b2-1+. The van der Waals surface area contributed by atoms with E-state index >= 15 is 0 Å². The van der Waals surface area contributed by atoms with Gasteiger partial charge in [0.05, 0.1) is 0 Å². The van der Waals surface area contributed by atoms with Crippen LogP contribution in [0.25, 0.3) is 12.2 Å². The van der Waals surface area contributed by atoms with Crippen LogP contribution in [-0.2, 0) is 0 Å². The average Bonchev–Trinajstić information content (AvgIpc) is 2.27. The monoisotopic (exact) mass is 246 g/mol. The number of benzene rings is 2. The zero-order valence-electron chi connectivity index (χ0n) is 8.97. The fourth-order valence-corrected chi connectivity index (χ4v) is 1.61. The van der Waals surface area contributed by atoms with Crippen LogP contribution in [0, 0.1) is 0 Å². The molecule has 3 heteroatoms. The molecule has 0 heterocycles. The minimum absolute atomic E-state index is 0.0424. The number of halogens is 1. The largest absolute Gasteiger partial charge is 0.508 e. The van der Waals surface area contributed by atoms with Gasteiger partial charge in [0.15, 0.2) is 0 Å². The second kappa shape index (κ2) is 4.93. The van der Waals surface area contributed by atoms with Gasteiger partial charge in [-0.3, -0.25) is 0 Å². The summed E-state index contributed by atoms with van der Waals surface area (Å²) in [7, 11) is 0. The lowest BCUT2D eigenvalue weighted by atomic mass is 10.1. The molecule has 0 unspecified atom stereocenters. The maximum atomic E-state index is 9.32. The highest BCUT2D eigenvalue weighted by Gasteiger charge is 1.95. The Balaban J connectivity index is 2.22. The van der Waals surface area contributed by atoms with Gasteiger partial charge in [-0.15, -0.1) is 0 Å². The van der Waals surface area contributed by atoms with Crippen LogP contribution in [0.2, 0.25) is 5.02 Å². The summed E-state index contributed by atoms with van der Waals surface area (Å²) in [4.78, 5) is 0. The highest BCUT2D eigenvalue weighted by Crippen LogP contribution is 2.22. The Morgan fingerprint density at radius 2 is 1.29 bits per heavy atom. The molecule has 0 radical (unpaired) electrons. The first kappa shape index (κ1) is 11.6. The molecule has 0 bridgehead atoms. The van der Waals surface area contributed by atoms with Gasteiger partial charge >= 0.3 is 0 Å². The Morgan fingerprint density at radius 3 is 1.88 bits per heavy atom. The topological polar surface area (TPSA) is 40.5 Å². The lowest BCUT2D eigenvalue weighted by Gasteiger charge is -1.98. The van der Waals surface area contributed by atoms with Crippen molar-refractivity contribution in [2.24, 2.45) is 0 Å². The first-order chi connectivity index (χ1) is 8.13. The Kier molecular flexibility index (Phi) is 3.35.